The number of halogens is 1. The van der Waals surface area contributed by atoms with Gasteiger partial charge in [0.25, 0.3) is 0 Å². The highest BCUT2D eigenvalue weighted by atomic mass is 127. The van der Waals surface area contributed by atoms with Crippen molar-refractivity contribution >= 4 is 29.9 Å². The van der Waals surface area contributed by atoms with Crippen LogP contribution in [0.5, 0.6) is 11.5 Å². The Morgan fingerprint density at radius 1 is 1.31 bits per heavy atom. The van der Waals surface area contributed by atoms with Crippen molar-refractivity contribution in [1.29, 1.82) is 0 Å². The molecule has 0 amide bonds. The van der Waals surface area contributed by atoms with Crippen molar-refractivity contribution in [2.24, 2.45) is 4.99 Å². The molecule has 2 N–H and O–H groups in total. The van der Waals surface area contributed by atoms with Gasteiger partial charge in [-0.25, -0.2) is 4.99 Å². The summed E-state index contributed by atoms with van der Waals surface area (Å²) in [4.78, 5) is 8.56. The molecular formula is C17H26IN5O3. The molecule has 0 aliphatic heterocycles. The number of methoxy groups -OCH3 is 1. The van der Waals surface area contributed by atoms with E-state index < -0.39 is 0 Å². The fourth-order valence-electron chi connectivity index (χ4n) is 2.08. The van der Waals surface area contributed by atoms with Crippen LogP contribution in [0.15, 0.2) is 33.8 Å². The third-order valence-electron chi connectivity index (χ3n) is 3.22. The molecule has 1 aromatic heterocycles. The zero-order valence-electron chi connectivity index (χ0n) is 15.5. The Hall–Kier alpha value is -2.04. The first-order chi connectivity index (χ1) is 12.1. The van der Waals surface area contributed by atoms with Gasteiger partial charge in [0.1, 0.15) is 24.1 Å². The lowest BCUT2D eigenvalue weighted by Gasteiger charge is -2.18. The Morgan fingerprint density at radius 2 is 2.08 bits per heavy atom. The average molecular weight is 475 g/mol. The Labute approximate surface area is 170 Å². The Bertz CT molecular complexity index is 693. The van der Waals surface area contributed by atoms with Crippen LogP contribution in [-0.4, -0.2) is 42.4 Å². The number of aryl methyl sites for hydroxylation is 1. The van der Waals surface area contributed by atoms with Crippen LogP contribution in [0.3, 0.4) is 0 Å². The molecule has 1 heterocycles. The largest absolute Gasteiger partial charge is 0.497 e. The third-order valence-corrected chi connectivity index (χ3v) is 3.22. The van der Waals surface area contributed by atoms with Crippen LogP contribution in [-0.2, 0) is 6.54 Å². The van der Waals surface area contributed by atoms with Crippen LogP contribution in [0, 0.1) is 6.92 Å². The highest BCUT2D eigenvalue weighted by Crippen LogP contribution is 2.19. The van der Waals surface area contributed by atoms with E-state index >= 15 is 0 Å². The van der Waals surface area contributed by atoms with Gasteiger partial charge in [-0.3, -0.25) is 0 Å². The van der Waals surface area contributed by atoms with Gasteiger partial charge in [0.05, 0.1) is 13.7 Å². The summed E-state index contributed by atoms with van der Waals surface area (Å²) in [5, 5.41) is 10.2. The van der Waals surface area contributed by atoms with Crippen LogP contribution in [0.4, 0.5) is 0 Å². The summed E-state index contributed by atoms with van der Waals surface area (Å²) in [7, 11) is 1.63. The van der Waals surface area contributed by atoms with Gasteiger partial charge in [-0.2, -0.15) is 4.98 Å². The fourth-order valence-corrected chi connectivity index (χ4v) is 2.08. The highest BCUT2D eigenvalue weighted by Gasteiger charge is 2.07. The lowest BCUT2D eigenvalue weighted by Crippen LogP contribution is -2.41. The molecule has 26 heavy (non-hydrogen) atoms. The predicted octanol–water partition coefficient (Wildman–Crippen LogP) is 2.53. The molecule has 9 heteroatoms. The molecular weight excluding hydrogens is 449 g/mol. The van der Waals surface area contributed by atoms with E-state index in [0.29, 0.717) is 30.8 Å². The molecule has 1 unspecified atom stereocenters. The second kappa shape index (κ2) is 11.6. The molecule has 2 aromatic rings. The third kappa shape index (κ3) is 7.46. The topological polar surface area (TPSA) is 93.8 Å². The summed E-state index contributed by atoms with van der Waals surface area (Å²) in [5.74, 6) is 3.28. The number of aliphatic imine (C=N–C) groups is 1. The van der Waals surface area contributed by atoms with Crippen LogP contribution in [0.1, 0.15) is 25.6 Å². The van der Waals surface area contributed by atoms with Crippen molar-refractivity contribution < 1.29 is 14.0 Å². The maximum atomic E-state index is 5.89. The first-order valence-corrected chi connectivity index (χ1v) is 8.22. The Balaban J connectivity index is 0.00000338. The van der Waals surface area contributed by atoms with Crippen molar-refractivity contribution in [1.82, 2.24) is 20.8 Å². The van der Waals surface area contributed by atoms with E-state index in [4.69, 9.17) is 14.0 Å². The molecule has 0 spiro atoms. The van der Waals surface area contributed by atoms with Crippen molar-refractivity contribution in [2.45, 2.75) is 33.4 Å². The fraction of sp³-hybridized carbons (Fsp3) is 0.471. The van der Waals surface area contributed by atoms with Gasteiger partial charge in [0.15, 0.2) is 11.8 Å². The lowest BCUT2D eigenvalue weighted by atomic mass is 10.3. The molecule has 0 fully saturated rings. The van der Waals surface area contributed by atoms with Crippen molar-refractivity contribution in [3.8, 4) is 11.5 Å². The van der Waals surface area contributed by atoms with Crippen molar-refractivity contribution in [3.05, 3.63) is 36.0 Å². The summed E-state index contributed by atoms with van der Waals surface area (Å²) in [6.45, 7) is 7.42. The molecule has 0 radical (unpaired) electrons. The first kappa shape index (κ1) is 22.0. The standard InChI is InChI=1S/C17H25N5O3.HI/c1-5-18-17(20-11-16-21-13(3)22-25-16)19-10-12(2)24-15-8-6-7-14(9-15)23-4;/h6-9,12H,5,10-11H2,1-4H3,(H2,18,19,20);1H. The number of benzene rings is 1. The zero-order valence-corrected chi connectivity index (χ0v) is 17.8. The predicted molar refractivity (Wildman–Crippen MR) is 110 cm³/mol. The number of rotatable bonds is 8. The lowest BCUT2D eigenvalue weighted by molar-refractivity contribution is 0.223. The first-order valence-electron chi connectivity index (χ1n) is 8.22. The van der Waals surface area contributed by atoms with E-state index in [0.717, 1.165) is 18.0 Å². The molecule has 2 rings (SSSR count). The number of aromatic nitrogens is 2. The second-order valence-electron chi connectivity index (χ2n) is 5.42. The van der Waals surface area contributed by atoms with Gasteiger partial charge < -0.3 is 24.6 Å². The summed E-state index contributed by atoms with van der Waals surface area (Å²) in [5.41, 5.74) is 0. The maximum absolute atomic E-state index is 5.89. The van der Waals surface area contributed by atoms with E-state index in [-0.39, 0.29) is 30.1 Å². The number of nitrogens with zero attached hydrogens (tertiary/aromatic N) is 3. The number of ether oxygens (including phenoxy) is 2. The van der Waals surface area contributed by atoms with Crippen LogP contribution in [0.2, 0.25) is 0 Å². The minimum absolute atomic E-state index is 0. The van der Waals surface area contributed by atoms with Gasteiger partial charge in [0, 0.05) is 12.6 Å². The van der Waals surface area contributed by atoms with Gasteiger partial charge in [-0.05, 0) is 32.9 Å². The molecule has 0 saturated carbocycles. The normalized spacial score (nSPS) is 12.1. The van der Waals surface area contributed by atoms with Gasteiger partial charge >= 0.3 is 0 Å². The molecule has 0 aliphatic carbocycles. The van der Waals surface area contributed by atoms with E-state index in [9.17, 15) is 0 Å². The van der Waals surface area contributed by atoms with Crippen molar-refractivity contribution in [3.63, 3.8) is 0 Å². The Kier molecular flexibility index (Phi) is 9.78. The Morgan fingerprint density at radius 3 is 2.73 bits per heavy atom. The molecule has 1 aromatic carbocycles. The summed E-state index contributed by atoms with van der Waals surface area (Å²) in [6, 6.07) is 7.53. The summed E-state index contributed by atoms with van der Waals surface area (Å²) in [6.07, 6.45) is -0.0541. The molecule has 1 atom stereocenters. The quantitative estimate of drug-likeness (QED) is 0.344. The van der Waals surface area contributed by atoms with Gasteiger partial charge in [0.2, 0.25) is 5.89 Å². The van der Waals surface area contributed by atoms with Gasteiger partial charge in [-0.1, -0.05) is 11.2 Å². The smallest absolute Gasteiger partial charge is 0.248 e. The van der Waals surface area contributed by atoms with Crippen molar-refractivity contribution in [2.75, 3.05) is 20.2 Å². The monoisotopic (exact) mass is 475 g/mol. The maximum Gasteiger partial charge on any atom is 0.248 e. The second-order valence-corrected chi connectivity index (χ2v) is 5.42. The molecule has 0 saturated heterocycles. The number of guanidine groups is 1. The average Bonchev–Trinajstić information content (AvgIpc) is 3.03. The molecule has 0 aliphatic rings. The SMILES string of the molecule is CCNC(=NCc1nc(C)no1)NCC(C)Oc1cccc(OC)c1.I. The number of hydrogen-bond donors (Lipinski definition) is 2. The van der Waals surface area contributed by atoms with Crippen LogP contribution >= 0.6 is 24.0 Å². The van der Waals surface area contributed by atoms with E-state index in [1.807, 2.05) is 38.1 Å². The highest BCUT2D eigenvalue weighted by molar-refractivity contribution is 14.0. The molecule has 144 valence electrons. The summed E-state index contributed by atoms with van der Waals surface area (Å²) >= 11 is 0. The van der Waals surface area contributed by atoms with Crippen LogP contribution < -0.4 is 20.1 Å². The minimum Gasteiger partial charge on any atom is -0.497 e. The van der Waals surface area contributed by atoms with E-state index in [1.165, 1.54) is 0 Å². The van der Waals surface area contributed by atoms with E-state index in [1.54, 1.807) is 14.0 Å². The minimum atomic E-state index is -0.0541. The summed E-state index contributed by atoms with van der Waals surface area (Å²) < 4.78 is 16.1. The zero-order chi connectivity index (χ0) is 18.1. The molecule has 8 nitrogen and oxygen atoms in total. The number of nitrogens with one attached hydrogen (secondary N) is 2. The molecule has 0 bridgehead atoms. The van der Waals surface area contributed by atoms with Crippen LogP contribution in [0.25, 0.3) is 0 Å². The van der Waals surface area contributed by atoms with Gasteiger partial charge in [-0.15, -0.1) is 24.0 Å². The van der Waals surface area contributed by atoms with E-state index in [2.05, 4.69) is 25.8 Å². The number of hydrogen-bond acceptors (Lipinski definition) is 6.